The number of aliphatic hydroxyl groups is 5. The fourth-order valence-corrected chi connectivity index (χ4v) is 8.41. The van der Waals surface area contributed by atoms with Gasteiger partial charge in [-0.2, -0.15) is 4.99 Å². The Labute approximate surface area is 331 Å². The number of aldehydes is 1. The van der Waals surface area contributed by atoms with Crippen LogP contribution in [0.5, 0.6) is 11.5 Å². The van der Waals surface area contributed by atoms with Crippen molar-refractivity contribution < 1.29 is 63.8 Å². The molecule has 302 valence electrons. The lowest BCUT2D eigenvalue weighted by atomic mass is 9.76. The summed E-state index contributed by atoms with van der Waals surface area (Å²) in [7, 11) is 0. The minimum absolute atomic E-state index is 0.0562. The number of ketones is 2. The molecule has 7 atom stereocenters. The first kappa shape index (κ1) is 39.3. The summed E-state index contributed by atoms with van der Waals surface area (Å²) >= 11 is 0. The molecule has 2 aliphatic carbocycles. The number of amides is 1. The molecule has 0 aromatic heterocycles. The average Bonchev–Trinajstić information content (AvgIpc) is 3.64. The lowest BCUT2D eigenvalue weighted by Gasteiger charge is -2.48. The van der Waals surface area contributed by atoms with Crippen molar-refractivity contribution in [2.45, 2.75) is 87.4 Å². The van der Waals surface area contributed by atoms with Crippen LogP contribution < -0.4 is 19.7 Å². The first-order chi connectivity index (χ1) is 27.9. The zero-order chi connectivity index (χ0) is 40.9. The maximum Gasteiger partial charge on any atom is 0.284 e. The van der Waals surface area contributed by atoms with Gasteiger partial charge >= 0.3 is 0 Å². The Balaban J connectivity index is 1.28. The van der Waals surface area contributed by atoms with Crippen LogP contribution >= 0.6 is 0 Å². The van der Waals surface area contributed by atoms with E-state index in [0.717, 1.165) is 6.42 Å². The van der Waals surface area contributed by atoms with Crippen LogP contribution in [0.25, 0.3) is 0 Å². The molecule has 8 N–H and O–H groups in total. The summed E-state index contributed by atoms with van der Waals surface area (Å²) < 4.78 is 18.8. The quantitative estimate of drug-likeness (QED) is 0.0907. The maximum absolute atomic E-state index is 14.4. The highest BCUT2D eigenvalue weighted by Gasteiger charge is 2.54. The van der Waals surface area contributed by atoms with Crippen LogP contribution in [-0.4, -0.2) is 122 Å². The lowest BCUT2D eigenvalue weighted by molar-refractivity contribution is -0.723. The highest BCUT2D eigenvalue weighted by Crippen LogP contribution is 2.46. The van der Waals surface area contributed by atoms with Crippen molar-refractivity contribution >= 4 is 47.0 Å². The van der Waals surface area contributed by atoms with Crippen LogP contribution in [0.15, 0.2) is 64.6 Å². The number of aliphatic imine (C=N–C) groups is 2. The third-order valence-electron chi connectivity index (χ3n) is 11.3. The predicted molar refractivity (Wildman–Crippen MR) is 203 cm³/mol. The van der Waals surface area contributed by atoms with Crippen molar-refractivity contribution in [1.82, 2.24) is 5.32 Å². The number of para-hydroxylation sites is 1. The minimum Gasteiger partial charge on any atom is -0.486 e. The number of quaternary nitrogens is 1. The maximum atomic E-state index is 14.4. The highest BCUT2D eigenvalue weighted by molar-refractivity contribution is 6.68. The first-order valence-electron chi connectivity index (χ1n) is 19.1. The second-order valence-electron chi connectivity index (χ2n) is 15.1. The molecule has 1 unspecified atom stereocenters. The van der Waals surface area contributed by atoms with E-state index in [1.165, 1.54) is 18.2 Å². The van der Waals surface area contributed by atoms with Gasteiger partial charge in [-0.25, -0.2) is 9.89 Å². The summed E-state index contributed by atoms with van der Waals surface area (Å²) in [5.74, 6) is -2.35. The number of carbonyl (C=O) groups is 4. The summed E-state index contributed by atoms with van der Waals surface area (Å²) in [6, 6.07) is 14.8. The number of amidine groups is 1. The molecule has 2 fully saturated rings. The molecule has 5 aliphatic rings. The molecule has 0 radical (unpaired) electrons. The van der Waals surface area contributed by atoms with E-state index >= 15 is 0 Å². The number of fused-ring (bicyclic) bond motifs is 3. The molecule has 8 rings (SSSR count). The zero-order valence-electron chi connectivity index (χ0n) is 31.1. The van der Waals surface area contributed by atoms with Crippen LogP contribution in [-0.2, 0) is 20.7 Å². The van der Waals surface area contributed by atoms with Gasteiger partial charge in [0.25, 0.3) is 11.7 Å². The van der Waals surface area contributed by atoms with Gasteiger partial charge in [0.05, 0.1) is 17.3 Å². The van der Waals surface area contributed by atoms with E-state index in [2.05, 4.69) is 15.3 Å². The molecule has 0 bridgehead atoms. The Hall–Kier alpha value is -5.53. The number of hydrogen-bond donors (Lipinski definition) is 8. The van der Waals surface area contributed by atoms with Gasteiger partial charge < -0.3 is 44.5 Å². The second kappa shape index (κ2) is 15.7. The Kier molecular flexibility index (Phi) is 10.6. The second-order valence-corrected chi connectivity index (χ2v) is 15.1. The molecule has 0 spiro atoms. The molecule has 1 saturated carbocycles. The summed E-state index contributed by atoms with van der Waals surface area (Å²) in [4.78, 5) is 61.8. The van der Waals surface area contributed by atoms with Crippen molar-refractivity contribution in [1.29, 1.82) is 5.41 Å². The summed E-state index contributed by atoms with van der Waals surface area (Å²) in [5, 5.41) is 66.3. The first-order valence-corrected chi connectivity index (χ1v) is 19.1. The van der Waals surface area contributed by atoms with E-state index in [1.807, 2.05) is 0 Å². The molecule has 1 amide bonds. The third-order valence-corrected chi connectivity index (χ3v) is 11.3. The van der Waals surface area contributed by atoms with Gasteiger partial charge in [-0.05, 0) is 25.0 Å². The molecule has 1 saturated heterocycles. The van der Waals surface area contributed by atoms with E-state index in [9.17, 15) is 44.7 Å². The molecule has 3 aromatic carbocycles. The number of nitrogens with zero attached hydrogens (tertiary/aromatic N) is 2. The average molecular weight is 797 g/mol. The van der Waals surface area contributed by atoms with Gasteiger partial charge in [-0.1, -0.05) is 61.7 Å². The molecule has 3 aliphatic heterocycles. The van der Waals surface area contributed by atoms with Crippen molar-refractivity contribution in [3.05, 3.63) is 88.0 Å². The Morgan fingerprint density at radius 2 is 1.64 bits per heavy atom. The predicted octanol–water partition coefficient (Wildman–Crippen LogP) is -0.345. The van der Waals surface area contributed by atoms with E-state index in [-0.39, 0.29) is 89.2 Å². The van der Waals surface area contributed by atoms with Crippen molar-refractivity contribution in [3.63, 3.8) is 0 Å². The van der Waals surface area contributed by atoms with Crippen molar-refractivity contribution in [2.24, 2.45) is 9.98 Å². The number of rotatable bonds is 11. The van der Waals surface area contributed by atoms with Crippen LogP contribution in [0, 0.1) is 5.41 Å². The van der Waals surface area contributed by atoms with Crippen LogP contribution in [0.4, 0.5) is 5.69 Å². The fraction of sp³-hybridized carbons (Fsp3) is 0.390. The number of nitrogens with one attached hydrogen (secondary N) is 3. The monoisotopic (exact) mass is 796 g/mol. The summed E-state index contributed by atoms with van der Waals surface area (Å²) in [6.07, 6.45) is -7.23. The molecule has 3 aromatic rings. The number of guanidine groups is 1. The van der Waals surface area contributed by atoms with Gasteiger partial charge in [0.15, 0.2) is 29.7 Å². The Morgan fingerprint density at radius 1 is 0.931 bits per heavy atom. The number of carbonyl (C=O) groups excluding carboxylic acids is 4. The zero-order valence-corrected chi connectivity index (χ0v) is 31.1. The van der Waals surface area contributed by atoms with Crippen molar-refractivity contribution in [2.75, 3.05) is 13.3 Å². The summed E-state index contributed by atoms with van der Waals surface area (Å²) in [6.45, 7) is -0.465. The van der Waals surface area contributed by atoms with Crippen LogP contribution in [0.3, 0.4) is 0 Å². The number of hydrogen-bond acceptors (Lipinski definition) is 14. The minimum atomic E-state index is -1.89. The van der Waals surface area contributed by atoms with Crippen LogP contribution in [0.2, 0.25) is 0 Å². The molecular weight excluding hydrogens is 754 g/mol. The normalized spacial score (nSPS) is 26.7. The third kappa shape index (κ3) is 6.93. The Morgan fingerprint density at radius 3 is 2.38 bits per heavy atom. The van der Waals surface area contributed by atoms with E-state index in [4.69, 9.17) is 19.6 Å². The van der Waals surface area contributed by atoms with Gasteiger partial charge in [0.1, 0.15) is 43.0 Å². The molecule has 3 heterocycles. The molecular formula is C41H42N5O12+. The fourth-order valence-electron chi connectivity index (χ4n) is 8.41. The number of aliphatic hydroxyl groups excluding tert-OH is 4. The summed E-state index contributed by atoms with van der Waals surface area (Å²) in [5.41, 5.74) is -0.156. The van der Waals surface area contributed by atoms with Gasteiger partial charge in [0, 0.05) is 40.7 Å². The SMILES string of the molecule is N=C1N=C2C(=NC[NH+]2c2ccccc2Cc2cc3c(c(OC[C@H](O)CC=O)c2O[C@H]2O[C@@H](C4(O)CCCCC4)[C@H](O)[C@@H](O)[C@@H]2O)C(=O)c2ccccc2C3=O)C(=O)N1. The number of benzene rings is 3. The highest BCUT2D eigenvalue weighted by atomic mass is 16.7. The van der Waals surface area contributed by atoms with E-state index in [1.54, 1.807) is 36.4 Å². The standard InChI is InChI=1S/C41H41N5O12/c42-40-44-37-28(38(54)45-40)43-19-46(37)26-11-5-2-8-20(26)16-21-17-25-27(30(50)24-10-4-3-9-23(24)29(25)49)35(56-18-22(48)12-15-47)34(21)57-39-33(53)31(51)32(52)36(58-39)41(55)13-6-1-7-14-41/h2-5,8-11,15,17,22,31-33,36,39,48,51-53,55H,1,6-7,12-14,16,18-19H2,(H2,42,45,54)/p+1/t22-,31-,32-,33+,36-,39+/m1/s1. The molecule has 17 heteroatoms. The molecule has 58 heavy (non-hydrogen) atoms. The largest absolute Gasteiger partial charge is 0.486 e. The van der Waals surface area contributed by atoms with Crippen LogP contribution in [0.1, 0.15) is 81.5 Å². The van der Waals surface area contributed by atoms with E-state index in [0.29, 0.717) is 35.3 Å². The Bertz CT molecular complexity index is 2270. The van der Waals surface area contributed by atoms with Gasteiger partial charge in [-0.15, -0.1) is 0 Å². The molecule has 17 nitrogen and oxygen atoms in total. The van der Waals surface area contributed by atoms with Gasteiger partial charge in [0.2, 0.25) is 18.0 Å². The van der Waals surface area contributed by atoms with Crippen molar-refractivity contribution in [3.8, 4) is 11.5 Å². The van der Waals surface area contributed by atoms with E-state index < -0.39 is 66.5 Å². The smallest absolute Gasteiger partial charge is 0.284 e. The topological polar surface area (TPSA) is 262 Å². The van der Waals surface area contributed by atoms with Gasteiger partial charge in [-0.3, -0.25) is 25.1 Å². The number of ether oxygens (including phenoxy) is 3. The lowest BCUT2D eigenvalue weighted by Crippen LogP contribution is -3.09.